The highest BCUT2D eigenvalue weighted by Crippen LogP contribution is 2.45. The molecule has 218 valence electrons. The highest BCUT2D eigenvalue weighted by atomic mass is 16.6. The Morgan fingerprint density at radius 1 is 1.05 bits per heavy atom. The summed E-state index contributed by atoms with van der Waals surface area (Å²) in [7, 11) is 1.66. The Hall–Kier alpha value is -5.09. The molecule has 3 aromatic carbocycles. The maximum absolute atomic E-state index is 12.9. The third-order valence-electron chi connectivity index (χ3n) is 7.98. The average Bonchev–Trinajstić information content (AvgIpc) is 3.34. The van der Waals surface area contributed by atoms with Crippen LogP contribution in [0.15, 0.2) is 85.1 Å². The maximum atomic E-state index is 12.9. The van der Waals surface area contributed by atoms with Gasteiger partial charge in [0.05, 0.1) is 4.92 Å². The SMILES string of the molecule is CN(CCNC(=O)c1ccc(CN2CCc3ncc([N+](=O)[O-])cc3C2)cc1)C(=O)OC1c2ccccc2-c2ccccc21. The van der Waals surface area contributed by atoms with Crippen LogP contribution in [0.25, 0.3) is 11.1 Å². The van der Waals surface area contributed by atoms with Crippen LogP contribution in [0, 0.1) is 10.1 Å². The largest absolute Gasteiger partial charge is 0.436 e. The van der Waals surface area contributed by atoms with Crippen LogP contribution >= 0.6 is 0 Å². The molecule has 6 rings (SSSR count). The van der Waals surface area contributed by atoms with Crippen molar-refractivity contribution >= 4 is 17.7 Å². The fourth-order valence-electron chi connectivity index (χ4n) is 5.68. The molecule has 2 heterocycles. The van der Waals surface area contributed by atoms with Gasteiger partial charge in [-0.25, -0.2) is 4.79 Å². The second kappa shape index (κ2) is 12.0. The van der Waals surface area contributed by atoms with Crippen molar-refractivity contribution in [1.82, 2.24) is 20.1 Å². The standard InChI is InChI=1S/C33H31N5O5/c1-36(33(40)43-31-28-8-4-2-6-26(28)27-7-3-5-9-29(27)31)17-15-34-32(39)23-12-10-22(11-13-23)20-37-16-14-30-24(21-37)18-25(19-35-30)38(41)42/h2-13,18-19,31H,14-17,20-21H2,1H3,(H,34,39). The zero-order valence-corrected chi connectivity index (χ0v) is 23.7. The third-order valence-corrected chi connectivity index (χ3v) is 7.98. The Morgan fingerprint density at radius 3 is 2.40 bits per heavy atom. The number of likely N-dealkylation sites (N-methyl/N-ethyl adjacent to an activating group) is 1. The van der Waals surface area contributed by atoms with E-state index < -0.39 is 17.1 Å². The highest BCUT2D eigenvalue weighted by molar-refractivity contribution is 5.94. The van der Waals surface area contributed by atoms with E-state index in [-0.39, 0.29) is 18.1 Å². The van der Waals surface area contributed by atoms with Crippen LogP contribution in [0.4, 0.5) is 10.5 Å². The van der Waals surface area contributed by atoms with E-state index in [9.17, 15) is 19.7 Å². The smallest absolute Gasteiger partial charge is 0.410 e. The quantitative estimate of drug-likeness (QED) is 0.228. The molecule has 0 unspecified atom stereocenters. The predicted octanol–water partition coefficient (Wildman–Crippen LogP) is 5.12. The van der Waals surface area contributed by atoms with Gasteiger partial charge in [-0.2, -0.15) is 0 Å². The van der Waals surface area contributed by atoms with E-state index in [1.165, 1.54) is 11.1 Å². The van der Waals surface area contributed by atoms with E-state index in [1.807, 2.05) is 60.7 Å². The van der Waals surface area contributed by atoms with E-state index in [0.717, 1.165) is 52.0 Å². The van der Waals surface area contributed by atoms with Gasteiger partial charge in [0.25, 0.3) is 11.6 Å². The van der Waals surface area contributed by atoms with E-state index in [1.54, 1.807) is 25.2 Å². The van der Waals surface area contributed by atoms with Crippen molar-refractivity contribution in [1.29, 1.82) is 0 Å². The van der Waals surface area contributed by atoms with Crippen molar-refractivity contribution in [2.24, 2.45) is 0 Å². The number of aromatic nitrogens is 1. The first kappa shape index (κ1) is 28.0. The van der Waals surface area contributed by atoms with Gasteiger partial charge in [-0.15, -0.1) is 0 Å². The molecule has 0 fully saturated rings. The topological polar surface area (TPSA) is 118 Å². The average molecular weight is 578 g/mol. The maximum Gasteiger partial charge on any atom is 0.410 e. The zero-order chi connectivity index (χ0) is 29.9. The highest BCUT2D eigenvalue weighted by Gasteiger charge is 2.31. The monoisotopic (exact) mass is 577 g/mol. The van der Waals surface area contributed by atoms with Crippen LogP contribution in [0.3, 0.4) is 0 Å². The van der Waals surface area contributed by atoms with Crippen molar-refractivity contribution in [3.05, 3.63) is 129 Å². The number of benzene rings is 3. The van der Waals surface area contributed by atoms with Gasteiger partial charge in [0.15, 0.2) is 6.10 Å². The number of hydrogen-bond donors (Lipinski definition) is 1. The summed E-state index contributed by atoms with van der Waals surface area (Å²) >= 11 is 0. The fraction of sp³-hybridized carbons (Fsp3) is 0.242. The van der Waals surface area contributed by atoms with Crippen LogP contribution in [-0.4, -0.2) is 58.4 Å². The third kappa shape index (κ3) is 5.96. The van der Waals surface area contributed by atoms with E-state index in [2.05, 4.69) is 15.2 Å². The van der Waals surface area contributed by atoms with Crippen LogP contribution in [0.1, 0.15) is 44.4 Å². The van der Waals surface area contributed by atoms with E-state index in [0.29, 0.717) is 25.2 Å². The number of rotatable bonds is 8. The van der Waals surface area contributed by atoms with Gasteiger partial charge in [-0.3, -0.25) is 24.8 Å². The molecule has 10 heteroatoms. The second-order valence-corrected chi connectivity index (χ2v) is 10.8. The van der Waals surface area contributed by atoms with Crippen LogP contribution < -0.4 is 5.32 Å². The molecule has 0 atom stereocenters. The lowest BCUT2D eigenvalue weighted by Gasteiger charge is -2.27. The van der Waals surface area contributed by atoms with Gasteiger partial charge >= 0.3 is 6.09 Å². The molecule has 0 saturated carbocycles. The van der Waals surface area contributed by atoms with Gasteiger partial charge in [0.2, 0.25) is 0 Å². The van der Waals surface area contributed by atoms with Gasteiger partial charge in [0, 0.05) is 74.6 Å². The number of amides is 2. The second-order valence-electron chi connectivity index (χ2n) is 10.8. The molecule has 0 radical (unpaired) electrons. The molecule has 1 N–H and O–H groups in total. The number of pyridine rings is 1. The minimum atomic E-state index is -0.467. The van der Waals surface area contributed by atoms with Crippen LogP contribution in [-0.2, 0) is 24.2 Å². The van der Waals surface area contributed by atoms with Crippen molar-refractivity contribution in [3.63, 3.8) is 0 Å². The summed E-state index contributed by atoms with van der Waals surface area (Å²) in [4.78, 5) is 44.3. The molecule has 2 aliphatic rings. The van der Waals surface area contributed by atoms with Gasteiger partial charge in [-0.1, -0.05) is 60.7 Å². The Labute approximate surface area is 249 Å². The Balaban J connectivity index is 0.984. The van der Waals surface area contributed by atoms with Gasteiger partial charge < -0.3 is 15.0 Å². The summed E-state index contributed by atoms with van der Waals surface area (Å²) < 4.78 is 5.92. The Morgan fingerprint density at radius 2 is 1.72 bits per heavy atom. The molecule has 1 aliphatic carbocycles. The van der Waals surface area contributed by atoms with Crippen molar-refractivity contribution in [2.45, 2.75) is 25.6 Å². The number of nitrogens with zero attached hydrogens (tertiary/aromatic N) is 4. The minimum Gasteiger partial charge on any atom is -0.436 e. The molecule has 1 aliphatic heterocycles. The van der Waals surface area contributed by atoms with Gasteiger partial charge in [0.1, 0.15) is 6.20 Å². The van der Waals surface area contributed by atoms with E-state index in [4.69, 9.17) is 4.74 Å². The molecule has 4 aromatic rings. The fourth-order valence-corrected chi connectivity index (χ4v) is 5.68. The van der Waals surface area contributed by atoms with E-state index >= 15 is 0 Å². The number of nitrogens with one attached hydrogen (secondary N) is 1. The minimum absolute atomic E-state index is 0.00409. The normalized spacial score (nSPS) is 13.9. The molecule has 2 amide bonds. The van der Waals surface area contributed by atoms with Gasteiger partial charge in [-0.05, 0) is 34.4 Å². The first-order chi connectivity index (χ1) is 20.9. The van der Waals surface area contributed by atoms with Crippen LogP contribution in [0.2, 0.25) is 0 Å². The summed E-state index contributed by atoms with van der Waals surface area (Å²) in [6.07, 6.45) is 1.12. The molecule has 0 saturated heterocycles. The molecule has 0 spiro atoms. The molecule has 0 bridgehead atoms. The van der Waals surface area contributed by atoms with Crippen molar-refractivity contribution in [2.75, 3.05) is 26.7 Å². The number of hydrogen-bond acceptors (Lipinski definition) is 7. The summed E-state index contributed by atoms with van der Waals surface area (Å²) in [5.74, 6) is -0.225. The first-order valence-electron chi connectivity index (χ1n) is 14.2. The molecule has 1 aromatic heterocycles. The summed E-state index contributed by atoms with van der Waals surface area (Å²) in [5.41, 5.74) is 7.42. The zero-order valence-electron chi connectivity index (χ0n) is 23.7. The molecular weight excluding hydrogens is 546 g/mol. The summed E-state index contributed by atoms with van der Waals surface area (Å²) in [6, 6.07) is 24.9. The Bertz CT molecular complexity index is 1640. The number of nitro groups is 1. The number of carbonyl (C=O) groups excluding carboxylic acids is 2. The first-order valence-corrected chi connectivity index (χ1v) is 14.2. The number of carbonyl (C=O) groups is 2. The van der Waals surface area contributed by atoms with Crippen molar-refractivity contribution < 1.29 is 19.2 Å². The Kier molecular flexibility index (Phi) is 7.84. The summed E-state index contributed by atoms with van der Waals surface area (Å²) in [6.45, 7) is 2.62. The molecule has 10 nitrogen and oxygen atoms in total. The lowest BCUT2D eigenvalue weighted by Crippen LogP contribution is -2.36. The molecular formula is C33H31N5O5. The number of ether oxygens (including phenoxy) is 1. The number of fused-ring (bicyclic) bond motifs is 4. The van der Waals surface area contributed by atoms with Crippen molar-refractivity contribution in [3.8, 4) is 11.1 Å². The molecule has 43 heavy (non-hydrogen) atoms. The summed E-state index contributed by atoms with van der Waals surface area (Å²) in [5, 5.41) is 14.0. The lowest BCUT2D eigenvalue weighted by molar-refractivity contribution is -0.385. The predicted molar refractivity (Wildman–Crippen MR) is 160 cm³/mol. The van der Waals surface area contributed by atoms with Crippen LogP contribution in [0.5, 0.6) is 0 Å². The lowest BCUT2D eigenvalue weighted by atomic mass is 10.0.